The van der Waals surface area contributed by atoms with Crippen molar-refractivity contribution in [3.05, 3.63) is 64.7 Å². The van der Waals surface area contributed by atoms with E-state index in [1.807, 2.05) is 62.4 Å². The van der Waals surface area contributed by atoms with Crippen molar-refractivity contribution in [2.45, 2.75) is 32.9 Å². The predicted molar refractivity (Wildman–Crippen MR) is 89.2 cm³/mol. The number of carbonyl (C=O) groups excluding carboxylic acids is 1. The summed E-state index contributed by atoms with van der Waals surface area (Å²) in [6.45, 7) is 4.33. The minimum atomic E-state index is -0.509. The summed E-state index contributed by atoms with van der Waals surface area (Å²) in [4.78, 5) is 12.3. The fourth-order valence-electron chi connectivity index (χ4n) is 2.04. The molecule has 0 aliphatic rings. The first kappa shape index (κ1) is 16.4. The van der Waals surface area contributed by atoms with E-state index in [1.165, 1.54) is 0 Å². The zero-order valence-corrected chi connectivity index (χ0v) is 13.6. The Balaban J connectivity index is 1.94. The number of amides is 1. The van der Waals surface area contributed by atoms with Gasteiger partial charge in [-0.25, -0.2) is 0 Å². The third-order valence-corrected chi connectivity index (χ3v) is 3.74. The Kier molecular flexibility index (Phi) is 5.84. The van der Waals surface area contributed by atoms with E-state index in [0.29, 0.717) is 23.7 Å². The predicted octanol–water partition coefficient (Wildman–Crippen LogP) is 4.12. The molecular weight excluding hydrogens is 298 g/mol. The molecule has 1 amide bonds. The first-order chi connectivity index (χ1) is 10.6. The molecule has 2 aromatic rings. The lowest BCUT2D eigenvalue weighted by Crippen LogP contribution is -2.37. The van der Waals surface area contributed by atoms with Gasteiger partial charge in [0.05, 0.1) is 0 Å². The van der Waals surface area contributed by atoms with Gasteiger partial charge in [0.2, 0.25) is 0 Å². The Hall–Kier alpha value is -2.00. The maximum atomic E-state index is 12.3. The summed E-state index contributed by atoms with van der Waals surface area (Å²) in [5.74, 6) is 0.563. The number of nitrogens with one attached hydrogen (secondary N) is 1. The number of carbonyl (C=O) groups is 1. The van der Waals surface area contributed by atoms with Crippen LogP contribution in [0.1, 0.15) is 24.5 Å². The fourth-order valence-corrected chi connectivity index (χ4v) is 2.24. The zero-order valence-electron chi connectivity index (χ0n) is 12.8. The summed E-state index contributed by atoms with van der Waals surface area (Å²) in [6, 6.07) is 15.1. The van der Waals surface area contributed by atoms with E-state index in [1.54, 1.807) is 0 Å². The summed E-state index contributed by atoms with van der Waals surface area (Å²) in [7, 11) is 0. The van der Waals surface area contributed by atoms with Gasteiger partial charge >= 0.3 is 0 Å². The minimum Gasteiger partial charge on any atom is -0.481 e. The molecule has 22 heavy (non-hydrogen) atoms. The highest BCUT2D eigenvalue weighted by Gasteiger charge is 2.18. The molecule has 0 heterocycles. The highest BCUT2D eigenvalue weighted by molar-refractivity contribution is 6.31. The van der Waals surface area contributed by atoms with E-state index >= 15 is 0 Å². The Labute approximate surface area is 136 Å². The lowest BCUT2D eigenvalue weighted by atomic mass is 10.2. The average molecular weight is 318 g/mol. The third-order valence-electron chi connectivity index (χ3n) is 3.37. The molecule has 2 aromatic carbocycles. The highest BCUT2D eigenvalue weighted by atomic mass is 35.5. The van der Waals surface area contributed by atoms with Crippen LogP contribution in [-0.4, -0.2) is 12.0 Å². The first-order valence-corrected chi connectivity index (χ1v) is 7.72. The van der Waals surface area contributed by atoms with Gasteiger partial charge in [-0.15, -0.1) is 0 Å². The molecule has 0 spiro atoms. The number of halogens is 1. The molecule has 0 aromatic heterocycles. The van der Waals surface area contributed by atoms with Gasteiger partial charge in [-0.2, -0.15) is 0 Å². The second-order valence-electron chi connectivity index (χ2n) is 5.14. The molecule has 0 aliphatic heterocycles. The van der Waals surface area contributed by atoms with Gasteiger partial charge < -0.3 is 10.1 Å². The molecule has 3 nitrogen and oxygen atoms in total. The van der Waals surface area contributed by atoms with Crippen LogP contribution in [0.15, 0.2) is 48.5 Å². The van der Waals surface area contributed by atoms with Crippen molar-refractivity contribution in [3.63, 3.8) is 0 Å². The van der Waals surface area contributed by atoms with Crippen LogP contribution in [-0.2, 0) is 11.3 Å². The molecular formula is C18H20ClNO2. The van der Waals surface area contributed by atoms with Crippen LogP contribution in [0.5, 0.6) is 5.75 Å². The molecule has 0 radical (unpaired) electrons. The van der Waals surface area contributed by atoms with Crippen molar-refractivity contribution in [1.82, 2.24) is 5.32 Å². The summed E-state index contributed by atoms with van der Waals surface area (Å²) in [5, 5.41) is 3.52. The van der Waals surface area contributed by atoms with E-state index in [9.17, 15) is 4.79 Å². The van der Waals surface area contributed by atoms with Crippen molar-refractivity contribution >= 4 is 17.5 Å². The summed E-state index contributed by atoms with van der Waals surface area (Å²) in [5.41, 5.74) is 2.05. The number of ether oxygens (including phenoxy) is 1. The monoisotopic (exact) mass is 317 g/mol. The SMILES string of the molecule is CCC(Oc1ccc(C)cc1)C(=O)NCc1ccccc1Cl. The lowest BCUT2D eigenvalue weighted by Gasteiger charge is -2.17. The largest absolute Gasteiger partial charge is 0.481 e. The average Bonchev–Trinajstić information content (AvgIpc) is 2.53. The van der Waals surface area contributed by atoms with Crippen LogP contribution < -0.4 is 10.1 Å². The van der Waals surface area contributed by atoms with E-state index in [2.05, 4.69) is 5.32 Å². The summed E-state index contributed by atoms with van der Waals surface area (Å²) >= 11 is 6.08. The second-order valence-corrected chi connectivity index (χ2v) is 5.54. The van der Waals surface area contributed by atoms with Gasteiger partial charge in [-0.3, -0.25) is 4.79 Å². The van der Waals surface area contributed by atoms with Gasteiger partial charge in [-0.1, -0.05) is 54.4 Å². The first-order valence-electron chi connectivity index (χ1n) is 7.34. The molecule has 116 valence electrons. The van der Waals surface area contributed by atoms with Crippen LogP contribution in [0.25, 0.3) is 0 Å². The Morgan fingerprint density at radius 1 is 1.18 bits per heavy atom. The number of benzene rings is 2. The van der Waals surface area contributed by atoms with Crippen LogP contribution in [0.4, 0.5) is 0 Å². The Morgan fingerprint density at radius 2 is 1.86 bits per heavy atom. The van der Waals surface area contributed by atoms with E-state index in [-0.39, 0.29) is 5.91 Å². The normalized spacial score (nSPS) is 11.8. The fraction of sp³-hybridized carbons (Fsp3) is 0.278. The van der Waals surface area contributed by atoms with Gasteiger partial charge in [0, 0.05) is 11.6 Å². The van der Waals surface area contributed by atoms with Gasteiger partial charge in [0.25, 0.3) is 5.91 Å². The molecule has 2 rings (SSSR count). The molecule has 4 heteroatoms. The second kappa shape index (κ2) is 7.85. The van der Waals surface area contributed by atoms with Gasteiger partial charge in [0.1, 0.15) is 5.75 Å². The van der Waals surface area contributed by atoms with Crippen LogP contribution >= 0.6 is 11.6 Å². The number of hydrogen-bond acceptors (Lipinski definition) is 2. The van der Waals surface area contributed by atoms with Crippen molar-refractivity contribution < 1.29 is 9.53 Å². The summed E-state index contributed by atoms with van der Waals surface area (Å²) in [6.07, 6.45) is 0.0904. The standard InChI is InChI=1S/C18H20ClNO2/c1-3-17(22-15-10-8-13(2)9-11-15)18(21)20-12-14-6-4-5-7-16(14)19/h4-11,17H,3,12H2,1-2H3,(H,20,21). The molecule has 1 N–H and O–H groups in total. The highest BCUT2D eigenvalue weighted by Crippen LogP contribution is 2.16. The number of hydrogen-bond donors (Lipinski definition) is 1. The molecule has 0 fully saturated rings. The quantitative estimate of drug-likeness (QED) is 0.870. The van der Waals surface area contributed by atoms with E-state index in [4.69, 9.17) is 16.3 Å². The van der Waals surface area contributed by atoms with Crippen molar-refractivity contribution in [1.29, 1.82) is 0 Å². The summed E-state index contributed by atoms with van der Waals surface area (Å²) < 4.78 is 5.75. The smallest absolute Gasteiger partial charge is 0.261 e. The third kappa shape index (κ3) is 4.50. The Morgan fingerprint density at radius 3 is 2.50 bits per heavy atom. The molecule has 1 unspecified atom stereocenters. The molecule has 0 saturated heterocycles. The number of rotatable bonds is 6. The van der Waals surface area contributed by atoms with Crippen molar-refractivity contribution in [2.75, 3.05) is 0 Å². The van der Waals surface area contributed by atoms with Gasteiger partial charge in [0.15, 0.2) is 6.10 Å². The van der Waals surface area contributed by atoms with E-state index in [0.717, 1.165) is 11.1 Å². The van der Waals surface area contributed by atoms with Crippen LogP contribution in [0.2, 0.25) is 5.02 Å². The lowest BCUT2D eigenvalue weighted by molar-refractivity contribution is -0.128. The number of aryl methyl sites for hydroxylation is 1. The van der Waals surface area contributed by atoms with Crippen LogP contribution in [0.3, 0.4) is 0 Å². The van der Waals surface area contributed by atoms with Gasteiger partial charge in [-0.05, 0) is 37.1 Å². The maximum absolute atomic E-state index is 12.3. The zero-order chi connectivity index (χ0) is 15.9. The maximum Gasteiger partial charge on any atom is 0.261 e. The Bertz CT molecular complexity index is 625. The van der Waals surface area contributed by atoms with E-state index < -0.39 is 6.10 Å². The molecule has 0 aliphatic carbocycles. The topological polar surface area (TPSA) is 38.3 Å². The van der Waals surface area contributed by atoms with Crippen molar-refractivity contribution in [3.8, 4) is 5.75 Å². The molecule has 0 bridgehead atoms. The molecule has 1 atom stereocenters. The molecule has 0 saturated carbocycles. The minimum absolute atomic E-state index is 0.136. The van der Waals surface area contributed by atoms with Crippen LogP contribution in [0, 0.1) is 6.92 Å². The van der Waals surface area contributed by atoms with Crippen molar-refractivity contribution in [2.24, 2.45) is 0 Å².